The quantitative estimate of drug-likeness (QED) is 0.188. The third-order valence-corrected chi connectivity index (χ3v) is 8.13. The lowest BCUT2D eigenvalue weighted by molar-refractivity contribution is -0.158. The van der Waals surface area contributed by atoms with E-state index in [1.54, 1.807) is 24.3 Å². The number of hydrogen-bond acceptors (Lipinski definition) is 13. The van der Waals surface area contributed by atoms with E-state index in [-0.39, 0.29) is 48.7 Å². The number of carbonyl (C=O) groups is 3. The van der Waals surface area contributed by atoms with Gasteiger partial charge in [0, 0.05) is 58.9 Å². The number of carbonyl (C=O) groups excluding carboxylic acids is 3. The molecule has 3 aromatic rings. The van der Waals surface area contributed by atoms with Crippen molar-refractivity contribution in [3.05, 3.63) is 52.3 Å². The molecule has 1 aromatic carbocycles. The van der Waals surface area contributed by atoms with E-state index in [0.29, 0.717) is 75.3 Å². The zero-order chi connectivity index (χ0) is 38.3. The fourth-order valence-electron chi connectivity index (χ4n) is 5.92. The molecule has 1 aliphatic rings. The second-order valence-corrected chi connectivity index (χ2v) is 16.4. The second-order valence-electron chi connectivity index (χ2n) is 16.4. The first-order valence-corrected chi connectivity index (χ1v) is 18.1. The lowest BCUT2D eigenvalue weighted by atomic mass is 10.2. The first kappa shape index (κ1) is 40.9. The second kappa shape index (κ2) is 17.3. The predicted octanol–water partition coefficient (Wildman–Crippen LogP) is 4.09. The number of fused-ring (bicyclic) bond motifs is 2. The molecule has 2 aromatic heterocycles. The van der Waals surface area contributed by atoms with Gasteiger partial charge in [-0.2, -0.15) is 0 Å². The summed E-state index contributed by atoms with van der Waals surface area (Å²) in [6.07, 6.45) is 0. The van der Waals surface area contributed by atoms with Crippen LogP contribution in [0.3, 0.4) is 0 Å². The van der Waals surface area contributed by atoms with Crippen LogP contribution in [0.15, 0.2) is 45.6 Å². The number of esters is 3. The monoisotopic (exact) mass is 723 g/mol. The fourth-order valence-corrected chi connectivity index (χ4v) is 5.92. The maximum absolute atomic E-state index is 13.1. The third kappa shape index (κ3) is 13.6. The van der Waals surface area contributed by atoms with Crippen LogP contribution < -0.4 is 5.43 Å². The maximum atomic E-state index is 13.1. The van der Waals surface area contributed by atoms with E-state index in [2.05, 4.69) is 4.90 Å². The van der Waals surface area contributed by atoms with Gasteiger partial charge < -0.3 is 18.6 Å². The lowest BCUT2D eigenvalue weighted by Gasteiger charge is -2.34. The van der Waals surface area contributed by atoms with Crippen molar-refractivity contribution in [2.24, 2.45) is 0 Å². The summed E-state index contributed by atoms with van der Waals surface area (Å²) in [6, 6.07) is 10.7. The number of hydrogen-bond donors (Lipinski definition) is 0. The Balaban J connectivity index is 1.60. The van der Waals surface area contributed by atoms with Crippen molar-refractivity contribution in [3.63, 3.8) is 0 Å². The van der Waals surface area contributed by atoms with Gasteiger partial charge in [-0.1, -0.05) is 12.1 Å². The number of aromatic nitrogens is 1. The maximum Gasteiger partial charge on any atom is 0.320 e. The topological polar surface area (TPSA) is 135 Å². The summed E-state index contributed by atoms with van der Waals surface area (Å²) in [5.74, 6) is -0.992. The Morgan fingerprint density at radius 1 is 0.596 bits per heavy atom. The summed E-state index contributed by atoms with van der Waals surface area (Å²) in [4.78, 5) is 65.2. The molecule has 3 heterocycles. The van der Waals surface area contributed by atoms with Gasteiger partial charge in [0.05, 0.1) is 36.1 Å². The molecule has 0 bridgehead atoms. The molecule has 52 heavy (non-hydrogen) atoms. The zero-order valence-electron chi connectivity index (χ0n) is 32.5. The van der Waals surface area contributed by atoms with Crippen molar-refractivity contribution in [2.45, 2.75) is 85.7 Å². The van der Waals surface area contributed by atoms with Gasteiger partial charge in [-0.15, -0.1) is 0 Å². The molecule has 0 unspecified atom stereocenters. The minimum atomic E-state index is -0.627. The predicted molar refractivity (Wildman–Crippen MR) is 200 cm³/mol. The first-order valence-electron chi connectivity index (χ1n) is 18.1. The highest BCUT2D eigenvalue weighted by Crippen LogP contribution is 2.18. The summed E-state index contributed by atoms with van der Waals surface area (Å²) in [5, 5.41) is 0.923. The lowest BCUT2D eigenvalue weighted by Crippen LogP contribution is -2.49. The van der Waals surface area contributed by atoms with Crippen LogP contribution in [0.1, 0.15) is 68.0 Å². The van der Waals surface area contributed by atoms with Crippen LogP contribution in [-0.4, -0.2) is 131 Å². The van der Waals surface area contributed by atoms with Crippen molar-refractivity contribution >= 4 is 40.0 Å². The Morgan fingerprint density at radius 3 is 1.42 bits per heavy atom. The molecule has 13 heteroatoms. The number of nitrogens with zero attached hydrogens (tertiary/aromatic N) is 5. The summed E-state index contributed by atoms with van der Waals surface area (Å²) in [7, 11) is 0. The summed E-state index contributed by atoms with van der Waals surface area (Å²) in [6.45, 7) is 21.4. The molecule has 0 spiro atoms. The Morgan fingerprint density at radius 2 is 1.00 bits per heavy atom. The van der Waals surface area contributed by atoms with Crippen molar-refractivity contribution in [2.75, 3.05) is 72.0 Å². The SMILES string of the molecule is CC(C)(C)OC(=O)CN1CCN(CC(=O)OC(C)(C)C)CCN(Cc2ccc3c(=O)c4ccccc4oc3n2)CCN(CC(=O)OC(C)(C)C)CC1. The number of benzene rings is 1. The van der Waals surface area contributed by atoms with Gasteiger partial charge in [0.15, 0.2) is 0 Å². The Kier molecular flexibility index (Phi) is 13.6. The minimum absolute atomic E-state index is 0.0724. The molecule has 1 saturated heterocycles. The standard InChI is InChI=1S/C39H57N5O8/c1-37(2,3)50-32(45)25-42-18-16-41(24-28-14-15-30-35(48)29-12-10-11-13-31(29)49-36(30)40-28)17-19-43(26-33(46)51-38(4,5)6)21-23-44(22-20-42)27-34(47)52-39(7,8)9/h10-15H,16-27H2,1-9H3. The number of ether oxygens (including phenoxy) is 3. The van der Waals surface area contributed by atoms with Crippen LogP contribution in [0, 0.1) is 0 Å². The molecule has 4 rings (SSSR count). The number of para-hydroxylation sites is 1. The van der Waals surface area contributed by atoms with E-state index in [9.17, 15) is 19.2 Å². The van der Waals surface area contributed by atoms with Gasteiger partial charge in [-0.25, -0.2) is 4.98 Å². The minimum Gasteiger partial charge on any atom is -0.459 e. The molecule has 1 fully saturated rings. The van der Waals surface area contributed by atoms with Crippen LogP contribution in [0.4, 0.5) is 0 Å². The Bertz CT molecular complexity index is 1710. The molecule has 0 aliphatic carbocycles. The van der Waals surface area contributed by atoms with Gasteiger partial charge in [0.2, 0.25) is 11.1 Å². The third-order valence-electron chi connectivity index (χ3n) is 8.13. The Labute approximate surface area is 307 Å². The molecular weight excluding hydrogens is 666 g/mol. The molecule has 0 N–H and O–H groups in total. The van der Waals surface area contributed by atoms with Crippen LogP contribution in [0.25, 0.3) is 22.1 Å². The van der Waals surface area contributed by atoms with Crippen molar-refractivity contribution in [1.29, 1.82) is 0 Å². The summed E-state index contributed by atoms with van der Waals surface area (Å²) in [5.41, 5.74) is -0.531. The van der Waals surface area contributed by atoms with E-state index in [1.807, 2.05) is 89.1 Å². The van der Waals surface area contributed by atoms with Crippen molar-refractivity contribution in [3.8, 4) is 0 Å². The average Bonchev–Trinajstić information content (AvgIpc) is 2.99. The number of pyridine rings is 1. The smallest absolute Gasteiger partial charge is 0.320 e. The molecule has 0 saturated carbocycles. The fraction of sp³-hybridized carbons (Fsp3) is 0.615. The first-order chi connectivity index (χ1) is 24.2. The summed E-state index contributed by atoms with van der Waals surface area (Å²) < 4.78 is 23.0. The normalized spacial score (nSPS) is 17.0. The average molecular weight is 724 g/mol. The van der Waals surface area contributed by atoms with Gasteiger partial charge >= 0.3 is 17.9 Å². The van der Waals surface area contributed by atoms with E-state index < -0.39 is 16.8 Å². The zero-order valence-corrected chi connectivity index (χ0v) is 32.5. The van der Waals surface area contributed by atoms with E-state index >= 15 is 0 Å². The van der Waals surface area contributed by atoms with Crippen LogP contribution in [-0.2, 0) is 35.1 Å². The Hall–Kier alpha value is -3.91. The van der Waals surface area contributed by atoms with Crippen LogP contribution in [0.5, 0.6) is 0 Å². The van der Waals surface area contributed by atoms with Gasteiger partial charge in [-0.05, 0) is 86.6 Å². The van der Waals surface area contributed by atoms with Gasteiger partial charge in [-0.3, -0.25) is 38.8 Å². The van der Waals surface area contributed by atoms with E-state index in [4.69, 9.17) is 23.6 Å². The van der Waals surface area contributed by atoms with Crippen molar-refractivity contribution < 1.29 is 33.0 Å². The van der Waals surface area contributed by atoms with Gasteiger partial charge in [0.25, 0.3) is 0 Å². The highest BCUT2D eigenvalue weighted by Gasteiger charge is 2.26. The molecule has 0 amide bonds. The van der Waals surface area contributed by atoms with Crippen LogP contribution in [0.2, 0.25) is 0 Å². The largest absolute Gasteiger partial charge is 0.459 e. The van der Waals surface area contributed by atoms with E-state index in [1.165, 1.54) is 0 Å². The highest BCUT2D eigenvalue weighted by molar-refractivity contribution is 5.87. The van der Waals surface area contributed by atoms with Crippen LogP contribution >= 0.6 is 0 Å². The molecule has 0 radical (unpaired) electrons. The van der Waals surface area contributed by atoms with Gasteiger partial charge in [0.1, 0.15) is 22.4 Å². The summed E-state index contributed by atoms with van der Waals surface area (Å²) >= 11 is 0. The molecule has 286 valence electrons. The highest BCUT2D eigenvalue weighted by atomic mass is 16.6. The molecular formula is C39H57N5O8. The van der Waals surface area contributed by atoms with Crippen molar-refractivity contribution in [1.82, 2.24) is 24.6 Å². The molecule has 0 atom stereocenters. The van der Waals surface area contributed by atoms with E-state index in [0.717, 1.165) is 5.69 Å². The molecule has 1 aliphatic heterocycles. The molecule has 13 nitrogen and oxygen atoms in total. The number of rotatable bonds is 8.